The van der Waals surface area contributed by atoms with E-state index < -0.39 is 5.66 Å². The average Bonchev–Trinajstić information content (AvgIpc) is 3.18. The van der Waals surface area contributed by atoms with Crippen molar-refractivity contribution in [2.24, 2.45) is 0 Å². The highest BCUT2D eigenvalue weighted by Gasteiger charge is 2.52. The first kappa shape index (κ1) is 15.0. The molecule has 0 bridgehead atoms. The van der Waals surface area contributed by atoms with Crippen LogP contribution in [0.25, 0.3) is 0 Å². The lowest BCUT2D eigenvalue weighted by Gasteiger charge is -2.48. The molecule has 4 rings (SSSR count). The number of hydrogen-bond acceptors (Lipinski definition) is 7. The Morgan fingerprint density at radius 2 is 2.26 bits per heavy atom. The van der Waals surface area contributed by atoms with Gasteiger partial charge in [0.2, 0.25) is 0 Å². The number of ether oxygens (including phenoxy) is 1. The second-order valence-electron chi connectivity index (χ2n) is 5.58. The summed E-state index contributed by atoms with van der Waals surface area (Å²) in [5.41, 5.74) is 1.25. The number of rotatable bonds is 3. The summed E-state index contributed by atoms with van der Waals surface area (Å²) in [6.07, 6.45) is 8.02. The topological polar surface area (TPSA) is 63.2 Å². The zero-order chi connectivity index (χ0) is 15.5. The van der Waals surface area contributed by atoms with Gasteiger partial charge in [-0.2, -0.15) is 0 Å². The van der Waals surface area contributed by atoms with Crippen molar-refractivity contribution >= 4 is 11.9 Å². The van der Waals surface area contributed by atoms with Gasteiger partial charge in [0.1, 0.15) is 6.10 Å². The number of aromatic nitrogens is 3. The Kier molecular flexibility index (Phi) is 4.26. The van der Waals surface area contributed by atoms with Crippen LogP contribution in [-0.4, -0.2) is 44.7 Å². The van der Waals surface area contributed by atoms with Gasteiger partial charge in [0.25, 0.3) is 0 Å². The van der Waals surface area contributed by atoms with Gasteiger partial charge in [0, 0.05) is 37.4 Å². The Bertz CT molecular complexity index is 637. The van der Waals surface area contributed by atoms with E-state index in [2.05, 4.69) is 24.6 Å². The first-order chi connectivity index (χ1) is 11.4. The molecule has 0 saturated carbocycles. The second-order valence-corrected chi connectivity index (χ2v) is 6.69. The standard InChI is InChI=1S/C16H19N5OS/c1-2-5-18-13(4-1)15-16(20-8-10-22-15,21-9-3-11-23-21)14-12-17-6-7-19-14/h1-2,4-7,12,15,20H,3,8-11H2. The fourth-order valence-corrected chi connectivity index (χ4v) is 4.45. The summed E-state index contributed by atoms with van der Waals surface area (Å²) in [4.78, 5) is 13.4. The summed E-state index contributed by atoms with van der Waals surface area (Å²) in [6.45, 7) is 2.42. The summed E-state index contributed by atoms with van der Waals surface area (Å²) in [5, 5.41) is 3.68. The Morgan fingerprint density at radius 1 is 1.26 bits per heavy atom. The molecule has 0 radical (unpaired) electrons. The van der Waals surface area contributed by atoms with Crippen molar-refractivity contribution in [1.29, 1.82) is 0 Å². The highest BCUT2D eigenvalue weighted by atomic mass is 32.2. The maximum atomic E-state index is 6.20. The molecule has 2 aromatic heterocycles. The Hall–Kier alpha value is -1.54. The quantitative estimate of drug-likeness (QED) is 0.861. The van der Waals surface area contributed by atoms with Crippen molar-refractivity contribution in [2.45, 2.75) is 18.2 Å². The number of nitrogens with zero attached hydrogens (tertiary/aromatic N) is 4. The molecule has 7 heteroatoms. The first-order valence-electron chi connectivity index (χ1n) is 7.86. The van der Waals surface area contributed by atoms with Gasteiger partial charge in [0.15, 0.2) is 5.66 Å². The molecule has 2 saturated heterocycles. The van der Waals surface area contributed by atoms with Gasteiger partial charge >= 0.3 is 0 Å². The van der Waals surface area contributed by atoms with Crippen LogP contribution in [0.3, 0.4) is 0 Å². The highest BCUT2D eigenvalue weighted by Crippen LogP contribution is 2.45. The molecule has 2 atom stereocenters. The van der Waals surface area contributed by atoms with Crippen LogP contribution in [0.1, 0.15) is 23.9 Å². The predicted octanol–water partition coefficient (Wildman–Crippen LogP) is 1.74. The molecule has 0 aliphatic carbocycles. The van der Waals surface area contributed by atoms with E-state index in [1.54, 1.807) is 12.4 Å². The summed E-state index contributed by atoms with van der Waals surface area (Å²) in [7, 11) is 0. The van der Waals surface area contributed by atoms with E-state index in [-0.39, 0.29) is 6.10 Å². The Labute approximate surface area is 139 Å². The van der Waals surface area contributed by atoms with Crippen LogP contribution in [0.2, 0.25) is 0 Å². The molecule has 0 aromatic carbocycles. The fraction of sp³-hybridized carbons (Fsp3) is 0.438. The van der Waals surface area contributed by atoms with E-state index in [4.69, 9.17) is 4.74 Å². The van der Waals surface area contributed by atoms with Crippen molar-refractivity contribution in [3.05, 3.63) is 54.4 Å². The molecule has 2 aromatic rings. The van der Waals surface area contributed by atoms with Gasteiger partial charge in [-0.25, -0.2) is 4.31 Å². The van der Waals surface area contributed by atoms with Crippen LogP contribution in [-0.2, 0) is 10.4 Å². The van der Waals surface area contributed by atoms with Crippen LogP contribution in [0.15, 0.2) is 43.0 Å². The van der Waals surface area contributed by atoms with Gasteiger partial charge in [-0.1, -0.05) is 18.0 Å². The minimum atomic E-state index is -0.540. The lowest BCUT2D eigenvalue weighted by atomic mass is 9.93. The van der Waals surface area contributed by atoms with Crippen molar-refractivity contribution in [3.8, 4) is 0 Å². The van der Waals surface area contributed by atoms with E-state index >= 15 is 0 Å². The minimum absolute atomic E-state index is 0.222. The smallest absolute Gasteiger partial charge is 0.158 e. The average molecular weight is 329 g/mol. The van der Waals surface area contributed by atoms with Gasteiger partial charge in [-0.05, 0) is 18.6 Å². The maximum absolute atomic E-state index is 6.20. The molecule has 2 unspecified atom stereocenters. The SMILES string of the molecule is c1ccc(C2OCCNC2(c2cnccn2)N2CCCS2)nc1. The third-order valence-electron chi connectivity index (χ3n) is 4.22. The van der Waals surface area contributed by atoms with Gasteiger partial charge in [-0.3, -0.25) is 20.3 Å². The van der Waals surface area contributed by atoms with E-state index in [0.29, 0.717) is 6.61 Å². The number of pyridine rings is 1. The van der Waals surface area contributed by atoms with Crippen molar-refractivity contribution in [1.82, 2.24) is 24.6 Å². The van der Waals surface area contributed by atoms with Crippen LogP contribution >= 0.6 is 11.9 Å². The molecular formula is C16H19N5OS. The molecule has 120 valence electrons. The van der Waals surface area contributed by atoms with Gasteiger partial charge < -0.3 is 4.74 Å². The third-order valence-corrected chi connectivity index (χ3v) is 5.47. The Morgan fingerprint density at radius 3 is 3.00 bits per heavy atom. The highest BCUT2D eigenvalue weighted by molar-refractivity contribution is 7.97. The molecule has 2 aliphatic heterocycles. The zero-order valence-electron chi connectivity index (χ0n) is 12.8. The minimum Gasteiger partial charge on any atom is -0.367 e. The molecule has 1 N–H and O–H groups in total. The van der Waals surface area contributed by atoms with E-state index in [0.717, 1.165) is 36.7 Å². The molecule has 6 nitrogen and oxygen atoms in total. The third kappa shape index (κ3) is 2.63. The van der Waals surface area contributed by atoms with Crippen molar-refractivity contribution < 1.29 is 4.74 Å². The van der Waals surface area contributed by atoms with Crippen LogP contribution < -0.4 is 5.32 Å². The first-order valence-corrected chi connectivity index (χ1v) is 8.80. The maximum Gasteiger partial charge on any atom is 0.158 e. The molecule has 4 heterocycles. The predicted molar refractivity (Wildman–Crippen MR) is 88.4 cm³/mol. The molecule has 0 amide bonds. The largest absolute Gasteiger partial charge is 0.367 e. The van der Waals surface area contributed by atoms with Crippen molar-refractivity contribution in [3.63, 3.8) is 0 Å². The van der Waals surface area contributed by atoms with E-state index in [1.165, 1.54) is 0 Å². The van der Waals surface area contributed by atoms with Gasteiger partial charge in [0.05, 0.1) is 24.2 Å². The molecule has 0 spiro atoms. The zero-order valence-corrected chi connectivity index (χ0v) is 13.6. The summed E-state index contributed by atoms with van der Waals surface area (Å²) < 4.78 is 8.56. The Balaban J connectivity index is 1.84. The lowest BCUT2D eigenvalue weighted by molar-refractivity contribution is -0.104. The lowest BCUT2D eigenvalue weighted by Crippen LogP contribution is -2.61. The molecule has 23 heavy (non-hydrogen) atoms. The van der Waals surface area contributed by atoms with E-state index in [1.807, 2.05) is 42.5 Å². The fourth-order valence-electron chi connectivity index (χ4n) is 3.26. The van der Waals surface area contributed by atoms with Crippen molar-refractivity contribution in [2.75, 3.05) is 25.4 Å². The van der Waals surface area contributed by atoms with Crippen LogP contribution in [0, 0.1) is 0 Å². The monoisotopic (exact) mass is 329 g/mol. The van der Waals surface area contributed by atoms with Gasteiger partial charge in [-0.15, -0.1) is 0 Å². The van der Waals surface area contributed by atoms with E-state index in [9.17, 15) is 0 Å². The number of hydrogen-bond donors (Lipinski definition) is 1. The van der Waals surface area contributed by atoms with Crippen LogP contribution in [0.5, 0.6) is 0 Å². The number of morpholine rings is 1. The summed E-state index contributed by atoms with van der Waals surface area (Å²) in [5.74, 6) is 1.11. The van der Waals surface area contributed by atoms with Crippen LogP contribution in [0.4, 0.5) is 0 Å². The second kappa shape index (κ2) is 6.52. The molecule has 2 aliphatic rings. The molecule has 2 fully saturated rings. The molecular weight excluding hydrogens is 310 g/mol. The summed E-state index contributed by atoms with van der Waals surface area (Å²) in [6, 6.07) is 5.94. The normalized spacial score (nSPS) is 28.8. The summed E-state index contributed by atoms with van der Waals surface area (Å²) >= 11 is 1.84. The number of nitrogens with one attached hydrogen (secondary N) is 1.